The van der Waals surface area contributed by atoms with Gasteiger partial charge in [0.05, 0.1) is 22.6 Å². The Balaban J connectivity index is 2.18. The van der Waals surface area contributed by atoms with E-state index in [0.717, 1.165) is 10.0 Å². The molecule has 0 spiro atoms. The van der Waals surface area contributed by atoms with Crippen molar-refractivity contribution in [1.82, 2.24) is 5.32 Å². The van der Waals surface area contributed by atoms with Crippen LogP contribution in [0, 0.1) is 11.3 Å². The van der Waals surface area contributed by atoms with Crippen LogP contribution in [-0.4, -0.2) is 4.99 Å². The van der Waals surface area contributed by atoms with Crippen molar-refractivity contribution in [3.63, 3.8) is 0 Å². The molecule has 0 bridgehead atoms. The predicted octanol–water partition coefficient (Wildman–Crippen LogP) is 3.66. The van der Waals surface area contributed by atoms with Gasteiger partial charge in [-0.25, -0.2) is 0 Å². The smallest absolute Gasteiger partial charge is 0.219 e. The van der Waals surface area contributed by atoms with Crippen molar-refractivity contribution in [3.8, 4) is 6.07 Å². The molecule has 1 aliphatic heterocycles. The van der Waals surface area contributed by atoms with Crippen molar-refractivity contribution in [3.05, 3.63) is 75.5 Å². The number of aromatic nitrogens is 1. The molecule has 3 rings (SSSR count). The van der Waals surface area contributed by atoms with Crippen molar-refractivity contribution in [1.29, 1.82) is 5.26 Å². The Kier molecular flexibility index (Phi) is 4.81. The lowest BCUT2D eigenvalue weighted by molar-refractivity contribution is -0.708. The zero-order valence-corrected chi connectivity index (χ0v) is 15.3. The molecule has 0 amide bonds. The standard InChI is InChI=1S/C17H12BrN3S2/c18-12-6-4-11(5-7-12)14-13(10-19)16(22)20-17(23)15(14)21-8-2-1-3-9-21/h1-9,14-15H,(H-,20,22,23)/p+1/t14-,15+/m0/s1. The fraction of sp³-hybridized carbons (Fsp3) is 0.118. The summed E-state index contributed by atoms with van der Waals surface area (Å²) in [5, 5.41) is 13.2. The van der Waals surface area contributed by atoms with Gasteiger partial charge in [0, 0.05) is 16.6 Å². The van der Waals surface area contributed by atoms with Crippen molar-refractivity contribution in [2.45, 2.75) is 12.0 Å². The highest BCUT2D eigenvalue weighted by Crippen LogP contribution is 2.38. The van der Waals surface area contributed by atoms with Crippen LogP contribution in [0.3, 0.4) is 0 Å². The first-order valence-electron chi connectivity index (χ1n) is 6.97. The molecule has 0 unspecified atom stereocenters. The summed E-state index contributed by atoms with van der Waals surface area (Å²) < 4.78 is 3.02. The van der Waals surface area contributed by atoms with Gasteiger partial charge in [0.1, 0.15) is 0 Å². The first-order valence-corrected chi connectivity index (χ1v) is 8.62. The third-order valence-corrected chi connectivity index (χ3v) is 5.03. The quantitative estimate of drug-likeness (QED) is 0.457. The Morgan fingerprint density at radius 2 is 1.83 bits per heavy atom. The summed E-state index contributed by atoms with van der Waals surface area (Å²) in [6.07, 6.45) is 3.92. The minimum Gasteiger partial charge on any atom is -0.339 e. The molecule has 1 aromatic heterocycles. The zero-order valence-electron chi connectivity index (χ0n) is 12.0. The van der Waals surface area contributed by atoms with Gasteiger partial charge < -0.3 is 5.32 Å². The molecule has 1 aromatic carbocycles. The van der Waals surface area contributed by atoms with Crippen LogP contribution in [0.25, 0.3) is 0 Å². The molecule has 3 nitrogen and oxygen atoms in total. The number of rotatable bonds is 2. The zero-order chi connectivity index (χ0) is 16.4. The number of benzene rings is 1. The normalized spacial score (nSPS) is 20.8. The van der Waals surface area contributed by atoms with E-state index in [1.54, 1.807) is 0 Å². The maximum atomic E-state index is 9.64. The van der Waals surface area contributed by atoms with Gasteiger partial charge in [-0.1, -0.05) is 46.3 Å². The second kappa shape index (κ2) is 6.83. The van der Waals surface area contributed by atoms with E-state index < -0.39 is 0 Å². The van der Waals surface area contributed by atoms with Gasteiger partial charge in [0.15, 0.2) is 17.4 Å². The van der Waals surface area contributed by atoms with Crippen LogP contribution in [0.1, 0.15) is 17.5 Å². The summed E-state index contributed by atoms with van der Waals surface area (Å²) in [7, 11) is 0. The van der Waals surface area contributed by atoms with Gasteiger partial charge in [0.2, 0.25) is 6.04 Å². The second-order valence-electron chi connectivity index (χ2n) is 5.16. The molecule has 0 aliphatic carbocycles. The number of thiocarbonyl (C=S) groups is 1. The fourth-order valence-electron chi connectivity index (χ4n) is 2.76. The lowest BCUT2D eigenvalue weighted by Gasteiger charge is -2.29. The molecule has 6 heteroatoms. The highest BCUT2D eigenvalue weighted by atomic mass is 79.9. The number of allylic oxidation sites excluding steroid dienone is 1. The number of pyridine rings is 1. The SMILES string of the molecule is N#CC1=C(S)NC(=S)[C@H]([n+]2ccccc2)[C@H]1c1ccc(Br)cc1. The maximum Gasteiger partial charge on any atom is 0.219 e. The molecule has 0 radical (unpaired) electrons. The summed E-state index contributed by atoms with van der Waals surface area (Å²) in [5.74, 6) is -0.179. The number of thiol groups is 1. The van der Waals surface area contributed by atoms with Crippen LogP contribution in [0.5, 0.6) is 0 Å². The van der Waals surface area contributed by atoms with E-state index in [1.165, 1.54) is 0 Å². The van der Waals surface area contributed by atoms with Gasteiger partial charge in [-0.15, -0.1) is 12.6 Å². The summed E-state index contributed by atoms with van der Waals surface area (Å²) in [6, 6.07) is 15.9. The van der Waals surface area contributed by atoms with E-state index in [2.05, 4.69) is 39.9 Å². The van der Waals surface area contributed by atoms with Crippen molar-refractivity contribution in [2.24, 2.45) is 0 Å². The lowest BCUT2D eigenvalue weighted by atomic mass is 9.83. The third kappa shape index (κ3) is 3.18. The third-order valence-electron chi connectivity index (χ3n) is 3.80. The van der Waals surface area contributed by atoms with Crippen LogP contribution < -0.4 is 9.88 Å². The summed E-state index contributed by atoms with van der Waals surface area (Å²) in [5.41, 5.74) is 1.62. The van der Waals surface area contributed by atoms with Gasteiger partial charge in [-0.3, -0.25) is 0 Å². The molecular weight excluding hydrogens is 390 g/mol. The summed E-state index contributed by atoms with van der Waals surface area (Å²) >= 11 is 13.4. The van der Waals surface area contributed by atoms with Crippen LogP contribution in [0.2, 0.25) is 0 Å². The number of nitriles is 1. The molecule has 0 fully saturated rings. The Labute approximate surface area is 154 Å². The van der Waals surface area contributed by atoms with Crippen LogP contribution in [-0.2, 0) is 0 Å². The van der Waals surface area contributed by atoms with Crippen molar-refractivity contribution < 1.29 is 4.57 Å². The van der Waals surface area contributed by atoms with E-state index in [4.69, 9.17) is 12.2 Å². The first-order chi connectivity index (χ1) is 11.1. The number of hydrogen-bond donors (Lipinski definition) is 2. The number of nitrogens with zero attached hydrogens (tertiary/aromatic N) is 2. The van der Waals surface area contributed by atoms with Gasteiger partial charge in [0.25, 0.3) is 0 Å². The van der Waals surface area contributed by atoms with E-state index in [-0.39, 0.29) is 12.0 Å². The Morgan fingerprint density at radius 3 is 2.43 bits per heavy atom. The molecule has 114 valence electrons. The monoisotopic (exact) mass is 402 g/mol. The first kappa shape index (κ1) is 16.2. The number of halogens is 1. The van der Waals surface area contributed by atoms with Crippen LogP contribution >= 0.6 is 40.8 Å². The molecule has 2 heterocycles. The molecular formula is C17H13BrN3S2+. The Hall–Kier alpha value is -1.68. The van der Waals surface area contributed by atoms with E-state index in [0.29, 0.717) is 15.6 Å². The van der Waals surface area contributed by atoms with E-state index in [9.17, 15) is 5.26 Å². The van der Waals surface area contributed by atoms with Crippen LogP contribution in [0.15, 0.2) is 69.9 Å². The molecule has 23 heavy (non-hydrogen) atoms. The van der Waals surface area contributed by atoms with Crippen LogP contribution in [0.4, 0.5) is 0 Å². The number of hydrogen-bond acceptors (Lipinski definition) is 3. The second-order valence-corrected chi connectivity index (χ2v) is 6.96. The Morgan fingerprint density at radius 1 is 1.17 bits per heavy atom. The van der Waals surface area contributed by atoms with E-state index >= 15 is 0 Å². The molecule has 2 atom stereocenters. The number of nitrogens with one attached hydrogen (secondary N) is 1. The fourth-order valence-corrected chi connectivity index (χ4v) is 3.77. The van der Waals surface area contributed by atoms with Gasteiger partial charge in [-0.05, 0) is 17.7 Å². The van der Waals surface area contributed by atoms with Gasteiger partial charge >= 0.3 is 0 Å². The topological polar surface area (TPSA) is 39.7 Å². The van der Waals surface area contributed by atoms with E-state index in [1.807, 2.05) is 59.4 Å². The highest BCUT2D eigenvalue weighted by molar-refractivity contribution is 9.10. The molecule has 0 saturated heterocycles. The summed E-state index contributed by atoms with van der Waals surface area (Å²) in [4.78, 5) is 0.651. The van der Waals surface area contributed by atoms with Gasteiger partial charge in [-0.2, -0.15) is 9.83 Å². The molecule has 1 aliphatic rings. The minimum absolute atomic E-state index is 0.169. The lowest BCUT2D eigenvalue weighted by Crippen LogP contribution is -2.52. The predicted molar refractivity (Wildman–Crippen MR) is 99.9 cm³/mol. The average molecular weight is 403 g/mol. The molecule has 0 saturated carbocycles. The largest absolute Gasteiger partial charge is 0.339 e. The molecule has 2 aromatic rings. The van der Waals surface area contributed by atoms with Crippen molar-refractivity contribution >= 4 is 45.8 Å². The van der Waals surface area contributed by atoms with Crippen molar-refractivity contribution in [2.75, 3.05) is 0 Å². The highest BCUT2D eigenvalue weighted by Gasteiger charge is 2.42. The maximum absolute atomic E-state index is 9.64. The Bertz CT molecular complexity index is 810. The minimum atomic E-state index is -0.179. The average Bonchev–Trinajstić information content (AvgIpc) is 2.56. The molecule has 1 N–H and O–H groups in total. The summed E-state index contributed by atoms with van der Waals surface area (Å²) in [6.45, 7) is 0.